The first-order valence-corrected chi connectivity index (χ1v) is 7.48. The van der Waals surface area contributed by atoms with E-state index in [2.05, 4.69) is 26.0 Å². The molecule has 0 aliphatic heterocycles. The molecule has 0 aromatic heterocycles. The van der Waals surface area contributed by atoms with Crippen molar-refractivity contribution in [2.45, 2.75) is 13.8 Å². The lowest BCUT2D eigenvalue weighted by atomic mass is 9.92. The van der Waals surface area contributed by atoms with Crippen LogP contribution in [0.15, 0.2) is 66.7 Å². The quantitative estimate of drug-likeness (QED) is 0.470. The van der Waals surface area contributed by atoms with Crippen LogP contribution in [0.5, 0.6) is 0 Å². The largest absolute Gasteiger partial charge is 0.277 e. The molecule has 3 nitrogen and oxygen atoms in total. The molecule has 0 aliphatic carbocycles. The molecule has 114 valence electrons. The summed E-state index contributed by atoms with van der Waals surface area (Å²) in [5.41, 5.74) is 6.25. The lowest BCUT2D eigenvalue weighted by molar-refractivity contribution is -0.384. The van der Waals surface area contributed by atoms with Crippen LogP contribution in [-0.4, -0.2) is 4.92 Å². The second kappa shape index (κ2) is 6.05. The third-order valence-electron chi connectivity index (χ3n) is 4.08. The minimum atomic E-state index is -0.331. The molecule has 0 bridgehead atoms. The Morgan fingerprint density at radius 3 is 2.04 bits per heavy atom. The minimum absolute atomic E-state index is 0.132. The van der Waals surface area contributed by atoms with Crippen molar-refractivity contribution in [2.75, 3.05) is 0 Å². The first-order chi connectivity index (χ1) is 11.1. The highest BCUT2D eigenvalue weighted by atomic mass is 16.6. The van der Waals surface area contributed by atoms with Crippen LogP contribution in [-0.2, 0) is 0 Å². The average Bonchev–Trinajstić information content (AvgIpc) is 2.56. The highest BCUT2D eigenvalue weighted by Crippen LogP contribution is 2.34. The van der Waals surface area contributed by atoms with Crippen molar-refractivity contribution in [3.05, 3.63) is 88.0 Å². The van der Waals surface area contributed by atoms with E-state index in [1.165, 1.54) is 5.56 Å². The molecule has 0 unspecified atom stereocenters. The smallest absolute Gasteiger partial charge is 0.258 e. The lowest BCUT2D eigenvalue weighted by Crippen LogP contribution is -1.93. The molecule has 0 aliphatic rings. The van der Waals surface area contributed by atoms with Gasteiger partial charge in [0, 0.05) is 6.07 Å². The van der Waals surface area contributed by atoms with E-state index in [4.69, 9.17) is 0 Å². The van der Waals surface area contributed by atoms with Gasteiger partial charge in [0.05, 0.1) is 10.5 Å². The van der Waals surface area contributed by atoms with Crippen LogP contribution in [0.4, 0.5) is 5.69 Å². The van der Waals surface area contributed by atoms with Crippen LogP contribution in [0, 0.1) is 24.0 Å². The maximum atomic E-state index is 11.3. The topological polar surface area (TPSA) is 43.1 Å². The van der Waals surface area contributed by atoms with Gasteiger partial charge in [-0.3, -0.25) is 10.1 Å². The number of rotatable bonds is 3. The van der Waals surface area contributed by atoms with Crippen molar-refractivity contribution >= 4 is 5.69 Å². The van der Waals surface area contributed by atoms with Gasteiger partial charge < -0.3 is 0 Å². The highest BCUT2D eigenvalue weighted by Gasteiger charge is 2.15. The zero-order chi connectivity index (χ0) is 16.4. The fourth-order valence-corrected chi connectivity index (χ4v) is 2.83. The number of nitro benzene ring substituents is 1. The first-order valence-electron chi connectivity index (χ1n) is 7.48. The van der Waals surface area contributed by atoms with Crippen LogP contribution in [0.1, 0.15) is 11.1 Å². The molecular formula is C20H17NO2. The van der Waals surface area contributed by atoms with Crippen molar-refractivity contribution < 1.29 is 4.92 Å². The zero-order valence-corrected chi connectivity index (χ0v) is 13.1. The number of hydrogen-bond acceptors (Lipinski definition) is 2. The van der Waals surface area contributed by atoms with Gasteiger partial charge in [0.15, 0.2) is 0 Å². The third-order valence-corrected chi connectivity index (χ3v) is 4.08. The maximum Gasteiger partial charge on any atom is 0.277 e. The summed E-state index contributed by atoms with van der Waals surface area (Å²) in [5, 5.41) is 11.3. The monoisotopic (exact) mass is 303 g/mol. The number of nitrogens with zero attached hydrogens (tertiary/aromatic N) is 1. The van der Waals surface area contributed by atoms with Crippen LogP contribution < -0.4 is 0 Å². The van der Waals surface area contributed by atoms with Crippen LogP contribution >= 0.6 is 0 Å². The molecule has 3 aromatic rings. The number of benzene rings is 3. The second-order valence-electron chi connectivity index (χ2n) is 5.62. The van der Waals surface area contributed by atoms with Gasteiger partial charge in [0.25, 0.3) is 5.69 Å². The molecular weight excluding hydrogens is 286 g/mol. The van der Waals surface area contributed by atoms with E-state index in [1.807, 2.05) is 36.4 Å². The second-order valence-corrected chi connectivity index (χ2v) is 5.62. The van der Waals surface area contributed by atoms with E-state index in [0.717, 1.165) is 22.3 Å². The van der Waals surface area contributed by atoms with E-state index >= 15 is 0 Å². The molecule has 0 atom stereocenters. The Morgan fingerprint density at radius 1 is 0.739 bits per heavy atom. The van der Waals surface area contributed by atoms with E-state index in [1.54, 1.807) is 18.2 Å². The van der Waals surface area contributed by atoms with Crippen molar-refractivity contribution in [1.29, 1.82) is 0 Å². The Labute approximate surface area is 135 Å². The molecule has 23 heavy (non-hydrogen) atoms. The summed E-state index contributed by atoms with van der Waals surface area (Å²) in [6.45, 7) is 4.14. The standard InChI is InChI=1S/C20H17NO2/c1-14-7-3-4-8-17(14)19-13-16(12-11-15(19)2)18-9-5-6-10-20(18)21(22)23/h3-13H,1-2H3. The van der Waals surface area contributed by atoms with Gasteiger partial charge in [-0.15, -0.1) is 0 Å². The van der Waals surface area contributed by atoms with Crippen molar-refractivity contribution in [2.24, 2.45) is 0 Å². The van der Waals surface area contributed by atoms with Gasteiger partial charge >= 0.3 is 0 Å². The van der Waals surface area contributed by atoms with E-state index in [9.17, 15) is 10.1 Å². The summed E-state index contributed by atoms with van der Waals surface area (Å²) in [6, 6.07) is 21.1. The Kier molecular flexibility index (Phi) is 3.94. The van der Waals surface area contributed by atoms with E-state index in [-0.39, 0.29) is 10.6 Å². The van der Waals surface area contributed by atoms with Gasteiger partial charge in [-0.25, -0.2) is 0 Å². The fraction of sp³-hybridized carbons (Fsp3) is 0.100. The van der Waals surface area contributed by atoms with Crippen molar-refractivity contribution in [3.8, 4) is 22.3 Å². The zero-order valence-electron chi connectivity index (χ0n) is 13.1. The summed E-state index contributed by atoms with van der Waals surface area (Å²) in [6.07, 6.45) is 0. The molecule has 0 fully saturated rings. The molecule has 3 aromatic carbocycles. The lowest BCUT2D eigenvalue weighted by Gasteiger charge is -2.12. The molecule has 0 saturated carbocycles. The first kappa shape index (κ1) is 15.0. The molecule has 0 amide bonds. The van der Waals surface area contributed by atoms with Gasteiger partial charge in [0.1, 0.15) is 0 Å². The van der Waals surface area contributed by atoms with Gasteiger partial charge in [-0.1, -0.05) is 48.5 Å². The van der Waals surface area contributed by atoms with Crippen molar-refractivity contribution in [1.82, 2.24) is 0 Å². The number of nitro groups is 1. The van der Waals surface area contributed by atoms with Crippen LogP contribution in [0.2, 0.25) is 0 Å². The SMILES string of the molecule is Cc1ccccc1-c1cc(-c2ccccc2[N+](=O)[O-])ccc1C. The number of aryl methyl sites for hydroxylation is 2. The molecule has 0 N–H and O–H groups in total. The minimum Gasteiger partial charge on any atom is -0.258 e. The average molecular weight is 303 g/mol. The predicted molar refractivity (Wildman–Crippen MR) is 93.4 cm³/mol. The number of hydrogen-bond donors (Lipinski definition) is 0. The maximum absolute atomic E-state index is 11.3. The number of para-hydroxylation sites is 1. The summed E-state index contributed by atoms with van der Waals surface area (Å²) in [7, 11) is 0. The van der Waals surface area contributed by atoms with Crippen LogP contribution in [0.25, 0.3) is 22.3 Å². The summed E-state index contributed by atoms with van der Waals surface area (Å²) in [4.78, 5) is 10.9. The summed E-state index contributed by atoms with van der Waals surface area (Å²) < 4.78 is 0. The van der Waals surface area contributed by atoms with Gasteiger partial charge in [-0.2, -0.15) is 0 Å². The molecule has 3 heteroatoms. The normalized spacial score (nSPS) is 10.5. The Bertz CT molecular complexity index is 884. The Morgan fingerprint density at radius 2 is 1.35 bits per heavy atom. The summed E-state index contributed by atoms with van der Waals surface area (Å²) in [5.74, 6) is 0. The fourth-order valence-electron chi connectivity index (χ4n) is 2.83. The molecule has 0 spiro atoms. The van der Waals surface area contributed by atoms with E-state index < -0.39 is 0 Å². The molecule has 0 heterocycles. The Balaban J connectivity index is 2.20. The molecule has 0 radical (unpaired) electrons. The van der Waals surface area contributed by atoms with Gasteiger partial charge in [-0.05, 0) is 53.8 Å². The Hall–Kier alpha value is -2.94. The summed E-state index contributed by atoms with van der Waals surface area (Å²) >= 11 is 0. The predicted octanol–water partition coefficient (Wildman–Crippen LogP) is 5.55. The van der Waals surface area contributed by atoms with Crippen LogP contribution in [0.3, 0.4) is 0 Å². The van der Waals surface area contributed by atoms with E-state index in [0.29, 0.717) is 5.56 Å². The van der Waals surface area contributed by atoms with Gasteiger partial charge in [0.2, 0.25) is 0 Å². The highest BCUT2D eigenvalue weighted by molar-refractivity contribution is 5.80. The molecule has 0 saturated heterocycles. The third kappa shape index (κ3) is 2.86. The molecule has 3 rings (SSSR count). The van der Waals surface area contributed by atoms with Crippen molar-refractivity contribution in [3.63, 3.8) is 0 Å².